The average molecular weight is 158 g/mol. The van der Waals surface area contributed by atoms with Gasteiger partial charge in [-0.15, -0.1) is 0 Å². The van der Waals surface area contributed by atoms with E-state index in [0.717, 1.165) is 5.75 Å². The topological polar surface area (TPSA) is 0 Å². The normalized spacial score (nSPS) is 9.80. The molecule has 0 radical (unpaired) electrons. The molecule has 0 spiro atoms. The summed E-state index contributed by atoms with van der Waals surface area (Å²) in [7, 11) is 0. The highest BCUT2D eigenvalue weighted by Crippen LogP contribution is 1.97. The number of hydrogen-bond acceptors (Lipinski definition) is 1. The average Bonchev–Trinajstić information content (AvgIpc) is 2.04. The van der Waals surface area contributed by atoms with E-state index >= 15 is 0 Å². The number of hydrogen-bond donors (Lipinski definition) is 0. The molecule has 0 rings (SSSR count). The highest BCUT2D eigenvalue weighted by Gasteiger charge is 1.76. The van der Waals surface area contributed by atoms with Crippen LogP contribution in [-0.4, -0.2) is 12.0 Å². The molecule has 0 saturated carbocycles. The molecule has 0 aliphatic heterocycles. The summed E-state index contributed by atoms with van der Waals surface area (Å²) in [4.78, 5) is 0. The minimum Gasteiger partial charge on any atom is -0.161 e. The standard InChI is InChI=1S/C7H12S.C2H6/c1-4-7(2)5-6-8-3;1-2/h4-5H,1,6H2,2-3H3;1-2H3/b7-5-;. The Hall–Kier alpha value is -0.170. The van der Waals surface area contributed by atoms with E-state index in [-0.39, 0.29) is 0 Å². The van der Waals surface area contributed by atoms with Gasteiger partial charge in [-0.05, 0) is 13.2 Å². The van der Waals surface area contributed by atoms with Crippen LogP contribution in [0.15, 0.2) is 24.3 Å². The number of thioether (sulfide) groups is 1. The Bertz CT molecular complexity index is 92.9. The molecule has 0 unspecified atom stereocenters. The summed E-state index contributed by atoms with van der Waals surface area (Å²) in [5.41, 5.74) is 1.26. The van der Waals surface area contributed by atoms with Crippen molar-refractivity contribution in [2.45, 2.75) is 20.8 Å². The second-order valence-corrected chi connectivity index (χ2v) is 2.52. The van der Waals surface area contributed by atoms with Crippen LogP contribution in [0.3, 0.4) is 0 Å². The van der Waals surface area contributed by atoms with Crippen LogP contribution in [0.2, 0.25) is 0 Å². The first kappa shape index (κ1) is 12.5. The summed E-state index contributed by atoms with van der Waals surface area (Å²) in [6.45, 7) is 9.69. The van der Waals surface area contributed by atoms with Gasteiger partial charge in [0.15, 0.2) is 0 Å². The van der Waals surface area contributed by atoms with Gasteiger partial charge >= 0.3 is 0 Å². The van der Waals surface area contributed by atoms with E-state index in [9.17, 15) is 0 Å². The molecule has 0 aromatic carbocycles. The highest BCUT2D eigenvalue weighted by atomic mass is 32.2. The Morgan fingerprint density at radius 1 is 1.50 bits per heavy atom. The van der Waals surface area contributed by atoms with Crippen LogP contribution in [0.1, 0.15) is 20.8 Å². The molecule has 0 bridgehead atoms. The Kier molecular flexibility index (Phi) is 14.5. The maximum atomic E-state index is 3.64. The number of rotatable bonds is 3. The smallest absolute Gasteiger partial charge is 0.0116 e. The molecule has 1 heteroatoms. The fourth-order valence-electron chi connectivity index (χ4n) is 0.298. The lowest BCUT2D eigenvalue weighted by Crippen LogP contribution is -1.70. The van der Waals surface area contributed by atoms with Crippen molar-refractivity contribution in [3.8, 4) is 0 Å². The molecule has 0 amide bonds. The summed E-state index contributed by atoms with van der Waals surface area (Å²) < 4.78 is 0. The summed E-state index contributed by atoms with van der Waals surface area (Å²) in [5, 5.41) is 0. The zero-order valence-electron chi connectivity index (χ0n) is 7.48. The predicted molar refractivity (Wildman–Crippen MR) is 53.7 cm³/mol. The highest BCUT2D eigenvalue weighted by molar-refractivity contribution is 7.98. The van der Waals surface area contributed by atoms with Crippen molar-refractivity contribution in [3.05, 3.63) is 24.3 Å². The first-order valence-electron chi connectivity index (χ1n) is 3.59. The predicted octanol–water partition coefficient (Wildman–Crippen LogP) is 3.51. The lowest BCUT2D eigenvalue weighted by molar-refractivity contribution is 1.50. The molecule has 0 atom stereocenters. The van der Waals surface area contributed by atoms with E-state index in [1.54, 1.807) is 0 Å². The van der Waals surface area contributed by atoms with Crippen LogP contribution in [-0.2, 0) is 0 Å². The summed E-state index contributed by atoms with van der Waals surface area (Å²) >= 11 is 1.82. The van der Waals surface area contributed by atoms with Gasteiger partial charge < -0.3 is 0 Å². The van der Waals surface area contributed by atoms with E-state index in [0.29, 0.717) is 0 Å². The van der Waals surface area contributed by atoms with E-state index in [2.05, 4.69) is 25.8 Å². The van der Waals surface area contributed by atoms with Crippen molar-refractivity contribution < 1.29 is 0 Å². The third kappa shape index (κ3) is 10.7. The monoisotopic (exact) mass is 158 g/mol. The SMILES string of the molecule is C=C/C(C)=C\CSC.CC. The molecular formula is C9H18S. The van der Waals surface area contributed by atoms with Gasteiger partial charge in [0.25, 0.3) is 0 Å². The molecule has 0 fully saturated rings. The molecular weight excluding hydrogens is 140 g/mol. The Balaban J connectivity index is 0. The van der Waals surface area contributed by atoms with Crippen molar-refractivity contribution in [2.75, 3.05) is 12.0 Å². The van der Waals surface area contributed by atoms with E-state index in [4.69, 9.17) is 0 Å². The second-order valence-electron chi connectivity index (χ2n) is 1.61. The lowest BCUT2D eigenvalue weighted by Gasteiger charge is -1.87. The fraction of sp³-hybridized carbons (Fsp3) is 0.556. The van der Waals surface area contributed by atoms with E-state index in [1.165, 1.54) is 5.57 Å². The molecule has 0 saturated heterocycles. The maximum Gasteiger partial charge on any atom is 0.0116 e. The summed E-state index contributed by atoms with van der Waals surface area (Å²) in [6, 6.07) is 0. The molecule has 0 aromatic heterocycles. The molecule has 0 N–H and O–H groups in total. The van der Waals surface area contributed by atoms with Gasteiger partial charge in [-0.1, -0.05) is 38.2 Å². The molecule has 0 heterocycles. The van der Waals surface area contributed by atoms with Crippen LogP contribution in [0, 0.1) is 0 Å². The fourth-order valence-corrected chi connectivity index (χ4v) is 0.728. The Morgan fingerprint density at radius 2 is 2.00 bits per heavy atom. The third-order valence-electron chi connectivity index (χ3n) is 0.894. The van der Waals surface area contributed by atoms with Crippen molar-refractivity contribution in [1.29, 1.82) is 0 Å². The Morgan fingerprint density at radius 3 is 2.30 bits per heavy atom. The van der Waals surface area contributed by atoms with Crippen molar-refractivity contribution in [3.63, 3.8) is 0 Å². The van der Waals surface area contributed by atoms with Crippen molar-refractivity contribution in [1.82, 2.24) is 0 Å². The molecule has 10 heavy (non-hydrogen) atoms. The summed E-state index contributed by atoms with van der Waals surface area (Å²) in [5.74, 6) is 1.10. The maximum absolute atomic E-state index is 3.64. The second kappa shape index (κ2) is 11.6. The molecule has 0 aliphatic rings. The van der Waals surface area contributed by atoms with E-state index in [1.807, 2.05) is 31.7 Å². The Labute approximate surface area is 69.4 Å². The first-order chi connectivity index (χ1) is 4.81. The zero-order chi connectivity index (χ0) is 8.41. The van der Waals surface area contributed by atoms with Gasteiger partial charge in [-0.3, -0.25) is 0 Å². The van der Waals surface area contributed by atoms with Crippen LogP contribution < -0.4 is 0 Å². The van der Waals surface area contributed by atoms with Crippen LogP contribution >= 0.6 is 11.8 Å². The largest absolute Gasteiger partial charge is 0.161 e. The summed E-state index contributed by atoms with van der Waals surface area (Å²) in [6.07, 6.45) is 6.13. The molecule has 0 aliphatic carbocycles. The quantitative estimate of drug-likeness (QED) is 0.566. The van der Waals surface area contributed by atoms with Crippen molar-refractivity contribution in [2.24, 2.45) is 0 Å². The molecule has 60 valence electrons. The third-order valence-corrected chi connectivity index (χ3v) is 1.39. The molecule has 0 nitrogen and oxygen atoms in total. The number of allylic oxidation sites excluding steroid dienone is 2. The van der Waals surface area contributed by atoms with Gasteiger partial charge in [0, 0.05) is 5.75 Å². The van der Waals surface area contributed by atoms with Crippen molar-refractivity contribution >= 4 is 11.8 Å². The van der Waals surface area contributed by atoms with Crippen LogP contribution in [0.4, 0.5) is 0 Å². The minimum absolute atomic E-state index is 1.10. The van der Waals surface area contributed by atoms with Gasteiger partial charge in [-0.2, -0.15) is 11.8 Å². The van der Waals surface area contributed by atoms with Gasteiger partial charge in [-0.25, -0.2) is 0 Å². The molecule has 0 aromatic rings. The van der Waals surface area contributed by atoms with Crippen LogP contribution in [0.5, 0.6) is 0 Å². The first-order valence-corrected chi connectivity index (χ1v) is 4.98. The van der Waals surface area contributed by atoms with E-state index < -0.39 is 0 Å². The van der Waals surface area contributed by atoms with Gasteiger partial charge in [0.2, 0.25) is 0 Å². The minimum atomic E-state index is 1.10. The zero-order valence-corrected chi connectivity index (χ0v) is 8.29. The lowest BCUT2D eigenvalue weighted by atomic mass is 10.3. The van der Waals surface area contributed by atoms with Gasteiger partial charge in [0.05, 0.1) is 0 Å². The van der Waals surface area contributed by atoms with Crippen LogP contribution in [0.25, 0.3) is 0 Å². The van der Waals surface area contributed by atoms with Gasteiger partial charge in [0.1, 0.15) is 0 Å².